The van der Waals surface area contributed by atoms with Crippen LogP contribution in [0, 0.1) is 5.41 Å². The van der Waals surface area contributed by atoms with Crippen molar-refractivity contribution in [2.75, 3.05) is 30.3 Å². The van der Waals surface area contributed by atoms with Crippen molar-refractivity contribution in [3.8, 4) is 0 Å². The first kappa shape index (κ1) is 15.1. The van der Waals surface area contributed by atoms with Crippen LogP contribution in [0.3, 0.4) is 0 Å². The summed E-state index contributed by atoms with van der Waals surface area (Å²) in [6.07, 6.45) is 2.60. The van der Waals surface area contributed by atoms with E-state index >= 15 is 0 Å². The number of nitrogens with zero attached hydrogens (tertiary/aromatic N) is 1. The summed E-state index contributed by atoms with van der Waals surface area (Å²) < 4.78 is 24.3. The monoisotopic (exact) mass is 306 g/mol. The van der Waals surface area contributed by atoms with Crippen molar-refractivity contribution in [1.82, 2.24) is 4.90 Å². The number of hydrogen-bond donors (Lipinski definition) is 1. The third-order valence-electron chi connectivity index (χ3n) is 4.32. The molecule has 1 unspecified atom stereocenters. The van der Waals surface area contributed by atoms with Crippen molar-refractivity contribution in [2.24, 2.45) is 11.1 Å². The minimum atomic E-state index is -3.22. The second-order valence-corrected chi connectivity index (χ2v) is 8.91. The fourth-order valence-corrected chi connectivity index (χ4v) is 5.68. The first-order valence-corrected chi connectivity index (χ1v) is 9.64. The summed E-state index contributed by atoms with van der Waals surface area (Å²) in [6, 6.07) is 0. The molecule has 0 aromatic heterocycles. The number of nitrogens with two attached hydrogens (primary N) is 1. The summed E-state index contributed by atoms with van der Waals surface area (Å²) in [5.74, 6) is 1.34. The van der Waals surface area contributed by atoms with Gasteiger partial charge in [-0.2, -0.15) is 11.8 Å². The lowest BCUT2D eigenvalue weighted by molar-refractivity contribution is -0.147. The number of amides is 1. The molecule has 110 valence electrons. The third-order valence-corrected chi connectivity index (χ3v) is 7.61. The van der Waals surface area contributed by atoms with E-state index in [9.17, 15) is 13.2 Å². The average molecular weight is 306 g/mol. The second kappa shape index (κ2) is 5.61. The summed E-state index contributed by atoms with van der Waals surface area (Å²) in [5, 5.41) is -0.659. The van der Waals surface area contributed by atoms with Crippen LogP contribution in [0.4, 0.5) is 0 Å². The fourth-order valence-electron chi connectivity index (χ4n) is 2.72. The molecule has 0 aromatic rings. The second-order valence-electron chi connectivity index (χ2n) is 5.32. The van der Waals surface area contributed by atoms with Crippen molar-refractivity contribution in [2.45, 2.75) is 31.6 Å². The van der Waals surface area contributed by atoms with Gasteiger partial charge in [-0.05, 0) is 12.8 Å². The van der Waals surface area contributed by atoms with Gasteiger partial charge in [0, 0.05) is 30.3 Å². The van der Waals surface area contributed by atoms with Crippen molar-refractivity contribution in [1.29, 1.82) is 0 Å². The normalized spacial score (nSPS) is 26.8. The minimum absolute atomic E-state index is 0.0384. The van der Waals surface area contributed by atoms with Gasteiger partial charge in [-0.25, -0.2) is 8.42 Å². The van der Waals surface area contributed by atoms with Gasteiger partial charge in [0.25, 0.3) is 0 Å². The highest BCUT2D eigenvalue weighted by atomic mass is 32.2. The van der Waals surface area contributed by atoms with Gasteiger partial charge < -0.3 is 10.6 Å². The lowest BCUT2D eigenvalue weighted by atomic mass is 9.68. The van der Waals surface area contributed by atoms with Crippen LogP contribution in [0.5, 0.6) is 0 Å². The van der Waals surface area contributed by atoms with Crippen LogP contribution < -0.4 is 5.73 Å². The Morgan fingerprint density at radius 3 is 2.63 bits per heavy atom. The van der Waals surface area contributed by atoms with Gasteiger partial charge in [-0.15, -0.1) is 0 Å². The molecule has 1 aliphatic heterocycles. The van der Waals surface area contributed by atoms with Gasteiger partial charge in [0.15, 0.2) is 9.84 Å². The molecule has 2 fully saturated rings. The van der Waals surface area contributed by atoms with Crippen LogP contribution >= 0.6 is 11.8 Å². The molecule has 0 aromatic carbocycles. The molecule has 0 spiro atoms. The van der Waals surface area contributed by atoms with E-state index < -0.39 is 20.6 Å². The van der Waals surface area contributed by atoms with Crippen molar-refractivity contribution in [3.05, 3.63) is 0 Å². The van der Waals surface area contributed by atoms with Crippen molar-refractivity contribution in [3.63, 3.8) is 0 Å². The van der Waals surface area contributed by atoms with Crippen LogP contribution in [-0.2, 0) is 14.6 Å². The summed E-state index contributed by atoms with van der Waals surface area (Å²) >= 11 is 1.61. The topological polar surface area (TPSA) is 80.5 Å². The third kappa shape index (κ3) is 2.64. The highest BCUT2D eigenvalue weighted by Crippen LogP contribution is 2.42. The first-order valence-electron chi connectivity index (χ1n) is 6.77. The number of hydrogen-bond acceptors (Lipinski definition) is 5. The highest BCUT2D eigenvalue weighted by molar-refractivity contribution is 8.01. The van der Waals surface area contributed by atoms with E-state index in [4.69, 9.17) is 5.73 Å². The van der Waals surface area contributed by atoms with Crippen LogP contribution in [0.25, 0.3) is 0 Å². The number of carbonyl (C=O) groups is 1. The van der Waals surface area contributed by atoms with Crippen molar-refractivity contribution >= 4 is 27.5 Å². The SMILES string of the molecule is CCS(=O)(=O)C1CSCCN1C(=O)C1(CN)CCC1. The van der Waals surface area contributed by atoms with Gasteiger partial charge in [-0.3, -0.25) is 4.79 Å². The lowest BCUT2D eigenvalue weighted by Gasteiger charge is -2.45. The minimum Gasteiger partial charge on any atom is -0.329 e. The first-order chi connectivity index (χ1) is 8.97. The number of rotatable bonds is 4. The van der Waals surface area contributed by atoms with E-state index in [2.05, 4.69) is 0 Å². The molecular weight excluding hydrogens is 284 g/mol. The molecule has 1 saturated heterocycles. The molecule has 5 nitrogen and oxygen atoms in total. The van der Waals surface area contributed by atoms with Crippen LogP contribution in [-0.4, -0.2) is 54.9 Å². The molecule has 7 heteroatoms. The Balaban J connectivity index is 2.23. The Bertz CT molecular complexity index is 440. The molecule has 2 aliphatic rings. The Morgan fingerprint density at radius 1 is 1.47 bits per heavy atom. The van der Waals surface area contributed by atoms with Crippen molar-refractivity contribution < 1.29 is 13.2 Å². The summed E-state index contributed by atoms with van der Waals surface area (Å²) in [4.78, 5) is 14.3. The Morgan fingerprint density at radius 2 is 2.16 bits per heavy atom. The zero-order chi connectivity index (χ0) is 14.1. The molecule has 1 aliphatic carbocycles. The maximum Gasteiger partial charge on any atom is 0.231 e. The van der Waals surface area contributed by atoms with E-state index in [1.165, 1.54) is 0 Å². The summed E-state index contributed by atoms with van der Waals surface area (Å²) in [6.45, 7) is 2.49. The maximum absolute atomic E-state index is 12.7. The molecule has 0 bridgehead atoms. The Labute approximate surface area is 119 Å². The molecule has 1 saturated carbocycles. The van der Waals surface area contributed by atoms with Gasteiger partial charge in [0.1, 0.15) is 5.37 Å². The maximum atomic E-state index is 12.7. The number of thioether (sulfide) groups is 1. The summed E-state index contributed by atoms with van der Waals surface area (Å²) in [7, 11) is -3.22. The Hall–Kier alpha value is -0.270. The molecule has 0 radical (unpaired) electrons. The highest BCUT2D eigenvalue weighted by Gasteiger charge is 2.48. The summed E-state index contributed by atoms with van der Waals surface area (Å²) in [5.41, 5.74) is 5.28. The number of sulfone groups is 1. The zero-order valence-corrected chi connectivity index (χ0v) is 12.9. The van der Waals surface area contributed by atoms with Crippen LogP contribution in [0.15, 0.2) is 0 Å². The average Bonchev–Trinajstić information content (AvgIpc) is 2.38. The van der Waals surface area contributed by atoms with Crippen LogP contribution in [0.2, 0.25) is 0 Å². The lowest BCUT2D eigenvalue weighted by Crippen LogP contribution is -2.59. The predicted molar refractivity (Wildman–Crippen MR) is 77.6 cm³/mol. The van der Waals surface area contributed by atoms with Gasteiger partial charge in [0.2, 0.25) is 5.91 Å². The van der Waals surface area contributed by atoms with E-state index in [0.29, 0.717) is 18.8 Å². The van der Waals surface area contributed by atoms with E-state index in [-0.39, 0.29) is 11.7 Å². The van der Waals surface area contributed by atoms with E-state index in [1.54, 1.807) is 23.6 Å². The molecule has 1 amide bonds. The van der Waals surface area contributed by atoms with Crippen LogP contribution in [0.1, 0.15) is 26.2 Å². The molecule has 1 heterocycles. The molecule has 2 rings (SSSR count). The smallest absolute Gasteiger partial charge is 0.231 e. The Kier molecular flexibility index (Phi) is 4.47. The quantitative estimate of drug-likeness (QED) is 0.816. The fraction of sp³-hybridized carbons (Fsp3) is 0.917. The molecule has 2 N–H and O–H groups in total. The molecular formula is C12H22N2O3S2. The predicted octanol–water partition coefficient (Wildman–Crippen LogP) is 0.452. The van der Waals surface area contributed by atoms with Gasteiger partial charge in [0.05, 0.1) is 5.41 Å². The van der Waals surface area contributed by atoms with E-state index in [1.807, 2.05) is 0 Å². The van der Waals surface area contributed by atoms with E-state index in [0.717, 1.165) is 25.0 Å². The zero-order valence-electron chi connectivity index (χ0n) is 11.3. The van der Waals surface area contributed by atoms with Gasteiger partial charge in [-0.1, -0.05) is 13.3 Å². The number of carbonyl (C=O) groups excluding carboxylic acids is 1. The largest absolute Gasteiger partial charge is 0.329 e. The standard InChI is InChI=1S/C12H22N2O3S2/c1-2-19(16,17)10-8-18-7-6-14(10)11(15)12(9-13)4-3-5-12/h10H,2-9,13H2,1H3. The van der Waals surface area contributed by atoms with Gasteiger partial charge >= 0.3 is 0 Å². The molecule has 1 atom stereocenters. The molecule has 19 heavy (non-hydrogen) atoms.